The number of aromatic nitrogens is 3. The van der Waals surface area contributed by atoms with Crippen molar-refractivity contribution < 1.29 is 18.4 Å². The molecule has 0 aliphatic carbocycles. The maximum absolute atomic E-state index is 13.7. The first-order valence-electron chi connectivity index (χ1n) is 9.97. The lowest BCUT2D eigenvalue weighted by atomic mass is 10.1. The van der Waals surface area contributed by atoms with E-state index in [0.717, 1.165) is 11.1 Å². The molecule has 0 saturated carbocycles. The summed E-state index contributed by atoms with van der Waals surface area (Å²) in [6.07, 6.45) is 3.21. The van der Waals surface area contributed by atoms with Crippen molar-refractivity contribution >= 4 is 11.7 Å². The molecule has 1 saturated heterocycles. The lowest BCUT2D eigenvalue weighted by Crippen LogP contribution is -2.57. The monoisotopic (exact) mass is 431 g/mol. The number of benzene rings is 2. The number of nitrogens with zero attached hydrogens (tertiary/aromatic N) is 4. The predicted molar refractivity (Wildman–Crippen MR) is 114 cm³/mol. The molecule has 1 N–H and O–H groups in total. The second kappa shape index (κ2) is 8.46. The molecule has 32 heavy (non-hydrogen) atoms. The summed E-state index contributed by atoms with van der Waals surface area (Å²) in [6, 6.07) is 16.7. The van der Waals surface area contributed by atoms with Gasteiger partial charge in [0.15, 0.2) is 0 Å². The van der Waals surface area contributed by atoms with Gasteiger partial charge < -0.3 is 19.5 Å². The Morgan fingerprint density at radius 1 is 1.06 bits per heavy atom. The van der Waals surface area contributed by atoms with Crippen LogP contribution in [0.15, 0.2) is 77.6 Å². The fourth-order valence-electron chi connectivity index (χ4n) is 3.26. The number of halogens is 1. The highest BCUT2D eigenvalue weighted by molar-refractivity contribution is 5.90. The summed E-state index contributed by atoms with van der Waals surface area (Å²) in [7, 11) is 0. The van der Waals surface area contributed by atoms with E-state index in [9.17, 15) is 9.18 Å². The smallest absolute Gasteiger partial charge is 0.322 e. The highest BCUT2D eigenvalue weighted by atomic mass is 19.1. The van der Waals surface area contributed by atoms with E-state index in [2.05, 4.69) is 20.4 Å². The molecule has 2 amide bonds. The average molecular weight is 431 g/mol. The summed E-state index contributed by atoms with van der Waals surface area (Å²) in [5.74, 6) is 1.07. The van der Waals surface area contributed by atoms with Gasteiger partial charge in [-0.25, -0.2) is 9.18 Å². The predicted octanol–water partition coefficient (Wildman–Crippen LogP) is 4.23. The number of nitrogens with one attached hydrogen (secondary N) is 1. The normalized spacial score (nSPS) is 13.5. The van der Waals surface area contributed by atoms with Gasteiger partial charge in [-0.2, -0.15) is 4.98 Å². The van der Waals surface area contributed by atoms with Crippen LogP contribution >= 0.6 is 0 Å². The van der Waals surface area contributed by atoms with E-state index in [0.29, 0.717) is 30.6 Å². The van der Waals surface area contributed by atoms with Gasteiger partial charge in [0.25, 0.3) is 5.89 Å². The molecule has 1 aliphatic rings. The quantitative estimate of drug-likeness (QED) is 0.508. The Balaban J connectivity index is 1.15. The van der Waals surface area contributed by atoms with Crippen LogP contribution in [0.5, 0.6) is 5.75 Å². The Morgan fingerprint density at radius 2 is 1.88 bits per heavy atom. The van der Waals surface area contributed by atoms with Gasteiger partial charge in [0, 0.05) is 18.0 Å². The van der Waals surface area contributed by atoms with E-state index in [1.807, 2.05) is 30.3 Å². The Labute approximate surface area is 182 Å². The van der Waals surface area contributed by atoms with E-state index in [1.54, 1.807) is 35.5 Å². The number of likely N-dealkylation sites (tertiary alicyclic amines) is 1. The summed E-state index contributed by atoms with van der Waals surface area (Å²) in [4.78, 5) is 22.2. The number of para-hydroxylation sites is 1. The zero-order valence-corrected chi connectivity index (χ0v) is 16.8. The van der Waals surface area contributed by atoms with Crippen LogP contribution in [0.2, 0.25) is 0 Å². The minimum absolute atomic E-state index is 0.130. The van der Waals surface area contributed by atoms with Crippen molar-refractivity contribution in [2.24, 2.45) is 0 Å². The van der Waals surface area contributed by atoms with Crippen LogP contribution in [0.1, 0.15) is 0 Å². The first kappa shape index (κ1) is 19.7. The van der Waals surface area contributed by atoms with Gasteiger partial charge >= 0.3 is 6.03 Å². The molecule has 2 aromatic heterocycles. The largest absolute Gasteiger partial charge is 0.487 e. The summed E-state index contributed by atoms with van der Waals surface area (Å²) in [5.41, 5.74) is 1.70. The molecule has 0 radical (unpaired) electrons. The van der Waals surface area contributed by atoms with Crippen molar-refractivity contribution in [2.45, 2.75) is 6.10 Å². The number of ether oxygens (including phenoxy) is 1. The fourth-order valence-corrected chi connectivity index (χ4v) is 3.26. The first-order valence-corrected chi connectivity index (χ1v) is 9.97. The number of hydrogen-bond donors (Lipinski definition) is 1. The third-order valence-electron chi connectivity index (χ3n) is 5.00. The zero-order chi connectivity index (χ0) is 21.9. The number of carbonyl (C=O) groups is 1. The lowest BCUT2D eigenvalue weighted by molar-refractivity contribution is 0.0493. The van der Waals surface area contributed by atoms with Crippen LogP contribution in [0, 0.1) is 5.82 Å². The molecule has 0 atom stereocenters. The second-order valence-electron chi connectivity index (χ2n) is 7.24. The second-order valence-corrected chi connectivity index (χ2v) is 7.24. The summed E-state index contributed by atoms with van der Waals surface area (Å²) in [5, 5.41) is 6.58. The standard InChI is InChI=1S/C23H18FN5O3/c24-19-5-1-2-6-20(19)26-23(30)29-13-18(14-29)31-17-9-7-15(8-10-17)21-27-22(32-28-21)16-4-3-11-25-12-16/h1-12,18H,13-14H2,(H,26,30). The van der Waals surface area contributed by atoms with Crippen molar-refractivity contribution in [2.75, 3.05) is 18.4 Å². The van der Waals surface area contributed by atoms with Crippen molar-refractivity contribution in [3.8, 4) is 28.6 Å². The molecular weight excluding hydrogens is 413 g/mol. The van der Waals surface area contributed by atoms with Gasteiger partial charge in [-0.1, -0.05) is 17.3 Å². The molecule has 0 unspecified atom stereocenters. The van der Waals surface area contributed by atoms with Crippen molar-refractivity contribution in [3.63, 3.8) is 0 Å². The highest BCUT2D eigenvalue weighted by Gasteiger charge is 2.32. The van der Waals surface area contributed by atoms with Crippen molar-refractivity contribution in [1.82, 2.24) is 20.0 Å². The molecule has 5 rings (SSSR count). The van der Waals surface area contributed by atoms with E-state index in [1.165, 1.54) is 12.1 Å². The van der Waals surface area contributed by atoms with Crippen LogP contribution in [0.3, 0.4) is 0 Å². The minimum atomic E-state index is -0.469. The van der Waals surface area contributed by atoms with Gasteiger partial charge in [-0.3, -0.25) is 4.98 Å². The maximum Gasteiger partial charge on any atom is 0.322 e. The molecular formula is C23H18FN5O3. The first-order chi connectivity index (χ1) is 15.7. The molecule has 0 spiro atoms. The number of rotatable bonds is 5. The molecule has 1 aliphatic heterocycles. The van der Waals surface area contributed by atoms with Crippen LogP contribution in [-0.4, -0.2) is 45.2 Å². The average Bonchev–Trinajstić information content (AvgIpc) is 3.29. The maximum atomic E-state index is 13.7. The number of urea groups is 1. The summed E-state index contributed by atoms with van der Waals surface area (Å²) < 4.78 is 24.9. The van der Waals surface area contributed by atoms with Crippen LogP contribution < -0.4 is 10.1 Å². The number of carbonyl (C=O) groups excluding carboxylic acids is 1. The van der Waals surface area contributed by atoms with Gasteiger partial charge in [0.2, 0.25) is 5.82 Å². The number of hydrogen-bond acceptors (Lipinski definition) is 6. The Bertz CT molecular complexity index is 1220. The summed E-state index contributed by atoms with van der Waals surface area (Å²) >= 11 is 0. The third-order valence-corrected chi connectivity index (χ3v) is 5.00. The van der Waals surface area contributed by atoms with Gasteiger partial charge in [0.1, 0.15) is 17.7 Å². The molecule has 0 bridgehead atoms. The molecule has 2 aromatic carbocycles. The third kappa shape index (κ3) is 4.13. The summed E-state index contributed by atoms with van der Waals surface area (Å²) in [6.45, 7) is 0.836. The van der Waals surface area contributed by atoms with Gasteiger partial charge in [0.05, 0.1) is 24.3 Å². The number of amides is 2. The Kier molecular flexibility index (Phi) is 5.20. The van der Waals surface area contributed by atoms with E-state index in [-0.39, 0.29) is 17.8 Å². The molecule has 1 fully saturated rings. The Morgan fingerprint density at radius 3 is 2.62 bits per heavy atom. The van der Waals surface area contributed by atoms with Crippen molar-refractivity contribution in [1.29, 1.82) is 0 Å². The molecule has 3 heterocycles. The SMILES string of the molecule is O=C(Nc1ccccc1F)N1CC(Oc2ccc(-c3noc(-c4cccnc4)n3)cc2)C1. The van der Waals surface area contributed by atoms with E-state index < -0.39 is 5.82 Å². The number of anilines is 1. The van der Waals surface area contributed by atoms with Crippen LogP contribution in [-0.2, 0) is 0 Å². The minimum Gasteiger partial charge on any atom is -0.487 e. The van der Waals surface area contributed by atoms with E-state index in [4.69, 9.17) is 9.26 Å². The van der Waals surface area contributed by atoms with E-state index >= 15 is 0 Å². The van der Waals surface area contributed by atoms with Crippen molar-refractivity contribution in [3.05, 3.63) is 78.9 Å². The Hall–Kier alpha value is -4.27. The number of pyridine rings is 1. The van der Waals surface area contributed by atoms with Crippen LogP contribution in [0.4, 0.5) is 14.9 Å². The molecule has 160 valence electrons. The molecule has 9 heteroatoms. The van der Waals surface area contributed by atoms with Crippen LogP contribution in [0.25, 0.3) is 22.8 Å². The van der Waals surface area contributed by atoms with Gasteiger partial charge in [-0.05, 0) is 48.5 Å². The molecule has 8 nitrogen and oxygen atoms in total. The molecule has 4 aromatic rings. The van der Waals surface area contributed by atoms with Gasteiger partial charge in [-0.15, -0.1) is 0 Å². The fraction of sp³-hybridized carbons (Fsp3) is 0.130. The zero-order valence-electron chi connectivity index (χ0n) is 16.8. The lowest BCUT2D eigenvalue weighted by Gasteiger charge is -2.38. The topological polar surface area (TPSA) is 93.4 Å². The highest BCUT2D eigenvalue weighted by Crippen LogP contribution is 2.25.